The Bertz CT molecular complexity index is 701. The van der Waals surface area contributed by atoms with Crippen molar-refractivity contribution < 1.29 is 24.0 Å². The maximum absolute atomic E-state index is 12.6. The molecule has 24 heavy (non-hydrogen) atoms. The van der Waals surface area contributed by atoms with Crippen LogP contribution in [0.15, 0.2) is 18.2 Å². The van der Waals surface area contributed by atoms with E-state index in [1.165, 1.54) is 13.1 Å². The van der Waals surface area contributed by atoms with Crippen molar-refractivity contribution in [3.8, 4) is 0 Å². The number of anilines is 1. The van der Waals surface area contributed by atoms with Crippen LogP contribution in [-0.4, -0.2) is 54.8 Å². The largest absolute Gasteiger partial charge is 0.378 e. The number of nitrogens with zero attached hydrogens (tertiary/aromatic N) is 1. The maximum atomic E-state index is 12.6. The van der Waals surface area contributed by atoms with Gasteiger partial charge in [0, 0.05) is 19.2 Å². The molecule has 2 rings (SSSR count). The molecule has 8 heteroatoms. The topological polar surface area (TPSA) is 113 Å². The first kappa shape index (κ1) is 17.3. The number of hydrogen-bond donors (Lipinski definition) is 2. The highest BCUT2D eigenvalue weighted by Crippen LogP contribution is 2.31. The molecule has 2 N–H and O–H groups in total. The van der Waals surface area contributed by atoms with E-state index in [0.29, 0.717) is 18.3 Å². The van der Waals surface area contributed by atoms with Crippen molar-refractivity contribution in [2.45, 2.75) is 18.9 Å². The molecule has 1 aliphatic rings. The lowest BCUT2D eigenvalue weighted by Gasteiger charge is -2.21. The number of hydrogen-bond acceptors (Lipinski definition) is 6. The quantitative estimate of drug-likeness (QED) is 0.512. The number of aldehydes is 2. The first-order chi connectivity index (χ1) is 11.5. The van der Waals surface area contributed by atoms with Crippen molar-refractivity contribution in [1.29, 1.82) is 0 Å². The number of imide groups is 1. The van der Waals surface area contributed by atoms with E-state index in [2.05, 4.69) is 10.6 Å². The Balaban J connectivity index is 2.29. The van der Waals surface area contributed by atoms with E-state index >= 15 is 0 Å². The fourth-order valence-corrected chi connectivity index (χ4v) is 2.57. The summed E-state index contributed by atoms with van der Waals surface area (Å²) in [5.41, 5.74) is 0.662. The summed E-state index contributed by atoms with van der Waals surface area (Å²) in [4.78, 5) is 59.2. The Morgan fingerprint density at radius 3 is 2.62 bits per heavy atom. The van der Waals surface area contributed by atoms with Gasteiger partial charge in [0.25, 0.3) is 11.8 Å². The molecule has 126 valence electrons. The summed E-state index contributed by atoms with van der Waals surface area (Å²) in [5.74, 6) is -1.48. The molecule has 1 aromatic carbocycles. The number of carbonyl (C=O) groups is 5. The minimum Gasteiger partial charge on any atom is -0.378 e. The summed E-state index contributed by atoms with van der Waals surface area (Å²) in [7, 11) is 1.46. The molecule has 0 saturated heterocycles. The van der Waals surface area contributed by atoms with Crippen molar-refractivity contribution in [2.24, 2.45) is 0 Å². The molecule has 1 atom stereocenters. The summed E-state index contributed by atoms with van der Waals surface area (Å²) in [6.07, 6.45) is 1.19. The molecule has 0 saturated carbocycles. The molecule has 3 amide bonds. The predicted molar refractivity (Wildman–Crippen MR) is 84.6 cm³/mol. The monoisotopic (exact) mass is 331 g/mol. The Morgan fingerprint density at radius 2 is 2.00 bits per heavy atom. The fourth-order valence-electron chi connectivity index (χ4n) is 2.57. The third-order valence-electron chi connectivity index (χ3n) is 3.76. The second kappa shape index (κ2) is 7.49. The highest BCUT2D eigenvalue weighted by Gasteiger charge is 2.41. The number of carbonyl (C=O) groups excluding carboxylic acids is 5. The third-order valence-corrected chi connectivity index (χ3v) is 3.76. The van der Waals surface area contributed by atoms with Crippen molar-refractivity contribution in [3.05, 3.63) is 29.3 Å². The first-order valence-electron chi connectivity index (χ1n) is 7.39. The molecule has 1 unspecified atom stereocenters. The minimum atomic E-state index is -1.02. The third kappa shape index (κ3) is 3.17. The van der Waals surface area contributed by atoms with Crippen molar-refractivity contribution in [3.63, 3.8) is 0 Å². The molecule has 0 aliphatic carbocycles. The highest BCUT2D eigenvalue weighted by atomic mass is 16.2. The van der Waals surface area contributed by atoms with Crippen molar-refractivity contribution >= 4 is 36.0 Å². The molecule has 0 bridgehead atoms. The van der Waals surface area contributed by atoms with Gasteiger partial charge in [-0.25, -0.2) is 0 Å². The average Bonchev–Trinajstić information content (AvgIpc) is 2.85. The lowest BCUT2D eigenvalue weighted by atomic mass is 10.1. The summed E-state index contributed by atoms with van der Waals surface area (Å²) in [5, 5.41) is 5.18. The van der Waals surface area contributed by atoms with Gasteiger partial charge in [-0.05, 0) is 18.6 Å². The minimum absolute atomic E-state index is 0.00823. The van der Waals surface area contributed by atoms with Gasteiger partial charge in [0.15, 0.2) is 0 Å². The van der Waals surface area contributed by atoms with E-state index in [1.54, 1.807) is 12.1 Å². The first-order valence-corrected chi connectivity index (χ1v) is 7.39. The van der Waals surface area contributed by atoms with Gasteiger partial charge in [-0.15, -0.1) is 0 Å². The molecule has 0 fully saturated rings. The average molecular weight is 331 g/mol. The van der Waals surface area contributed by atoms with E-state index in [4.69, 9.17) is 0 Å². The molecule has 8 nitrogen and oxygen atoms in total. The van der Waals surface area contributed by atoms with Crippen LogP contribution in [0.3, 0.4) is 0 Å². The van der Waals surface area contributed by atoms with E-state index in [-0.39, 0.29) is 36.4 Å². The van der Waals surface area contributed by atoms with Crippen LogP contribution in [0.1, 0.15) is 33.6 Å². The van der Waals surface area contributed by atoms with Crippen LogP contribution in [0.4, 0.5) is 5.69 Å². The van der Waals surface area contributed by atoms with Crippen LogP contribution in [0, 0.1) is 0 Å². The fraction of sp³-hybridized carbons (Fsp3) is 0.312. The Kier molecular flexibility index (Phi) is 5.41. The molecule has 0 aromatic heterocycles. The van der Waals surface area contributed by atoms with Crippen LogP contribution in [-0.2, 0) is 14.4 Å². The summed E-state index contributed by atoms with van der Waals surface area (Å²) < 4.78 is 0. The number of fused-ring (bicyclic) bond motifs is 1. The number of nitrogens with one attached hydrogen (secondary N) is 2. The van der Waals surface area contributed by atoms with Crippen molar-refractivity contribution in [2.75, 3.05) is 18.9 Å². The summed E-state index contributed by atoms with van der Waals surface area (Å²) in [6.45, 7) is -0.00823. The zero-order valence-corrected chi connectivity index (χ0v) is 13.1. The SMILES string of the molecule is CNC(=O)CCC(C=O)N1C(=O)c2cccc(NCC=O)c2C1=O. The summed E-state index contributed by atoms with van der Waals surface area (Å²) in [6, 6.07) is 3.63. The maximum Gasteiger partial charge on any atom is 0.264 e. The van der Waals surface area contributed by atoms with Gasteiger partial charge >= 0.3 is 0 Å². The van der Waals surface area contributed by atoms with Crippen LogP contribution >= 0.6 is 0 Å². The number of amides is 3. The van der Waals surface area contributed by atoms with Crippen LogP contribution in [0.25, 0.3) is 0 Å². The van der Waals surface area contributed by atoms with E-state index in [9.17, 15) is 24.0 Å². The Labute approximate surface area is 138 Å². The van der Waals surface area contributed by atoms with Crippen LogP contribution in [0.2, 0.25) is 0 Å². The van der Waals surface area contributed by atoms with Gasteiger partial charge in [-0.1, -0.05) is 6.07 Å². The van der Waals surface area contributed by atoms with Crippen LogP contribution < -0.4 is 10.6 Å². The molecule has 1 aliphatic heterocycles. The lowest BCUT2D eigenvalue weighted by Crippen LogP contribution is -2.41. The van der Waals surface area contributed by atoms with Crippen LogP contribution in [0.5, 0.6) is 0 Å². The van der Waals surface area contributed by atoms with Crippen molar-refractivity contribution in [1.82, 2.24) is 10.2 Å². The molecule has 0 radical (unpaired) electrons. The lowest BCUT2D eigenvalue weighted by molar-refractivity contribution is -0.121. The molecular weight excluding hydrogens is 314 g/mol. The number of rotatable bonds is 8. The second-order valence-corrected chi connectivity index (χ2v) is 5.17. The van der Waals surface area contributed by atoms with E-state index < -0.39 is 17.9 Å². The smallest absolute Gasteiger partial charge is 0.264 e. The highest BCUT2D eigenvalue weighted by molar-refractivity contribution is 6.24. The zero-order chi connectivity index (χ0) is 17.7. The van der Waals surface area contributed by atoms with E-state index in [0.717, 1.165) is 4.90 Å². The Hall–Kier alpha value is -3.03. The summed E-state index contributed by atoms with van der Waals surface area (Å²) >= 11 is 0. The standard InChI is InChI=1S/C16H17N3O5/c1-17-13(22)6-5-10(9-21)19-15(23)11-3-2-4-12(18-7-8-20)14(11)16(19)24/h2-4,8-10,18H,5-7H2,1H3,(H,17,22). The molecule has 0 spiro atoms. The molecular formula is C16H17N3O5. The van der Waals surface area contributed by atoms with Gasteiger partial charge in [0.05, 0.1) is 23.7 Å². The molecule has 1 aromatic rings. The number of benzene rings is 1. The second-order valence-electron chi connectivity index (χ2n) is 5.17. The van der Waals surface area contributed by atoms with E-state index in [1.807, 2.05) is 0 Å². The zero-order valence-electron chi connectivity index (χ0n) is 13.1. The van der Waals surface area contributed by atoms with Gasteiger partial charge in [-0.2, -0.15) is 0 Å². The molecule has 1 heterocycles. The Morgan fingerprint density at radius 1 is 1.25 bits per heavy atom. The van der Waals surface area contributed by atoms with Gasteiger partial charge in [0.2, 0.25) is 5.91 Å². The predicted octanol–water partition coefficient (Wildman–Crippen LogP) is -0.0129. The van der Waals surface area contributed by atoms with Gasteiger partial charge in [-0.3, -0.25) is 19.3 Å². The van der Waals surface area contributed by atoms with Gasteiger partial charge in [0.1, 0.15) is 12.6 Å². The van der Waals surface area contributed by atoms with Gasteiger partial charge < -0.3 is 20.2 Å². The normalized spacial score (nSPS) is 14.1.